The third-order valence-electron chi connectivity index (χ3n) is 2.98. The molecule has 2 N–H and O–H groups in total. The first kappa shape index (κ1) is 20.9. The summed E-state index contributed by atoms with van der Waals surface area (Å²) in [7, 11) is 0. The van der Waals surface area contributed by atoms with Crippen molar-refractivity contribution in [2.24, 2.45) is 10.9 Å². The molecule has 0 atom stereocenters. The Bertz CT molecular complexity index is 485. The van der Waals surface area contributed by atoms with E-state index >= 15 is 0 Å². The van der Waals surface area contributed by atoms with Gasteiger partial charge in [-0.25, -0.2) is 0 Å². The van der Waals surface area contributed by atoms with Gasteiger partial charge in [-0.2, -0.15) is 0 Å². The van der Waals surface area contributed by atoms with Crippen LogP contribution in [0.15, 0.2) is 34.2 Å². The molecule has 1 aromatic rings. The van der Waals surface area contributed by atoms with E-state index in [2.05, 4.69) is 36.4 Å². The van der Waals surface area contributed by atoms with Crippen LogP contribution < -0.4 is 16.2 Å². The van der Waals surface area contributed by atoms with Crippen molar-refractivity contribution in [2.45, 2.75) is 40.2 Å². The van der Waals surface area contributed by atoms with E-state index in [0.29, 0.717) is 5.92 Å². The van der Waals surface area contributed by atoms with Crippen LogP contribution in [-0.2, 0) is 6.54 Å². The molecule has 1 rings (SSSR count). The van der Waals surface area contributed by atoms with E-state index in [9.17, 15) is 4.79 Å². The Kier molecular flexibility index (Phi) is 11.9. The maximum absolute atomic E-state index is 11.5. The summed E-state index contributed by atoms with van der Waals surface area (Å²) in [6.45, 7) is 9.70. The molecule has 6 heteroatoms. The molecule has 0 aliphatic rings. The fourth-order valence-electron chi connectivity index (χ4n) is 1.87. The van der Waals surface area contributed by atoms with Gasteiger partial charge in [-0.1, -0.05) is 19.9 Å². The Balaban J connectivity index is 0.00000441. The molecule has 5 nitrogen and oxygen atoms in total. The van der Waals surface area contributed by atoms with E-state index in [0.717, 1.165) is 45.0 Å². The number of hydrogen-bond donors (Lipinski definition) is 2. The third-order valence-corrected chi connectivity index (χ3v) is 2.98. The molecule has 1 aromatic heterocycles. The van der Waals surface area contributed by atoms with Gasteiger partial charge in [-0.3, -0.25) is 9.79 Å². The first-order valence-electron chi connectivity index (χ1n) is 7.81. The largest absolute Gasteiger partial charge is 0.357 e. The van der Waals surface area contributed by atoms with Crippen molar-refractivity contribution in [3.8, 4) is 0 Å². The number of aliphatic imine (C=N–C) groups is 1. The number of guanidine groups is 1. The topological polar surface area (TPSA) is 58.4 Å². The minimum atomic E-state index is 0. The number of rotatable bonds is 8. The van der Waals surface area contributed by atoms with Crippen LogP contribution in [0.2, 0.25) is 0 Å². The summed E-state index contributed by atoms with van der Waals surface area (Å²) in [4.78, 5) is 16.1. The Morgan fingerprint density at radius 1 is 1.27 bits per heavy atom. The summed E-state index contributed by atoms with van der Waals surface area (Å²) in [6, 6.07) is 5.26. The zero-order valence-corrected chi connectivity index (χ0v) is 16.2. The lowest BCUT2D eigenvalue weighted by Gasteiger charge is -2.12. The molecular weight excluding hydrogens is 391 g/mol. The van der Waals surface area contributed by atoms with Crippen LogP contribution in [0.5, 0.6) is 0 Å². The zero-order valence-electron chi connectivity index (χ0n) is 13.8. The molecule has 0 fully saturated rings. The SMILES string of the molecule is CCNC(=NCC(C)C)NCCCCn1ccccc1=O.I. The van der Waals surface area contributed by atoms with Crippen LogP contribution in [0.4, 0.5) is 0 Å². The number of pyridine rings is 1. The van der Waals surface area contributed by atoms with Crippen molar-refractivity contribution < 1.29 is 0 Å². The van der Waals surface area contributed by atoms with E-state index in [4.69, 9.17) is 0 Å². The molecule has 0 bridgehead atoms. The summed E-state index contributed by atoms with van der Waals surface area (Å²) >= 11 is 0. The highest BCUT2D eigenvalue weighted by atomic mass is 127. The lowest BCUT2D eigenvalue weighted by atomic mass is 10.2. The van der Waals surface area contributed by atoms with Gasteiger partial charge in [0.05, 0.1) is 0 Å². The van der Waals surface area contributed by atoms with Crippen LogP contribution in [0.1, 0.15) is 33.6 Å². The van der Waals surface area contributed by atoms with Gasteiger partial charge in [0.2, 0.25) is 5.56 Å². The average molecular weight is 420 g/mol. The molecule has 0 aliphatic heterocycles. The molecule has 0 amide bonds. The first-order chi connectivity index (χ1) is 10.1. The minimum absolute atomic E-state index is 0. The van der Waals surface area contributed by atoms with Crippen LogP contribution in [0.25, 0.3) is 0 Å². The van der Waals surface area contributed by atoms with Crippen molar-refractivity contribution in [2.75, 3.05) is 19.6 Å². The van der Waals surface area contributed by atoms with Gasteiger partial charge >= 0.3 is 0 Å². The molecule has 0 spiro atoms. The first-order valence-corrected chi connectivity index (χ1v) is 7.81. The number of nitrogens with one attached hydrogen (secondary N) is 2. The maximum atomic E-state index is 11.5. The molecule has 0 saturated heterocycles. The zero-order chi connectivity index (χ0) is 15.5. The van der Waals surface area contributed by atoms with Crippen molar-refractivity contribution in [1.29, 1.82) is 0 Å². The highest BCUT2D eigenvalue weighted by molar-refractivity contribution is 14.0. The summed E-state index contributed by atoms with van der Waals surface area (Å²) in [6.07, 6.45) is 3.82. The monoisotopic (exact) mass is 420 g/mol. The minimum Gasteiger partial charge on any atom is -0.357 e. The molecular formula is C16H29IN4O. The van der Waals surface area contributed by atoms with Gasteiger partial charge in [-0.05, 0) is 31.7 Å². The van der Waals surface area contributed by atoms with E-state index in [1.165, 1.54) is 0 Å². The fraction of sp³-hybridized carbons (Fsp3) is 0.625. The quantitative estimate of drug-likeness (QED) is 0.294. The normalized spacial score (nSPS) is 11.2. The van der Waals surface area contributed by atoms with Crippen LogP contribution >= 0.6 is 24.0 Å². The molecule has 22 heavy (non-hydrogen) atoms. The van der Waals surface area contributed by atoms with Crippen LogP contribution in [0, 0.1) is 5.92 Å². The Hall–Kier alpha value is -1.05. The predicted octanol–water partition coefficient (Wildman–Crippen LogP) is 2.46. The predicted molar refractivity (Wildman–Crippen MR) is 104 cm³/mol. The van der Waals surface area contributed by atoms with Gasteiger partial charge in [-0.15, -0.1) is 24.0 Å². The number of nitrogens with zero attached hydrogens (tertiary/aromatic N) is 2. The van der Waals surface area contributed by atoms with Gasteiger partial charge in [0.1, 0.15) is 0 Å². The smallest absolute Gasteiger partial charge is 0.250 e. The van der Waals surface area contributed by atoms with Gasteiger partial charge in [0.25, 0.3) is 0 Å². The second-order valence-electron chi connectivity index (χ2n) is 5.48. The summed E-state index contributed by atoms with van der Waals surface area (Å²) in [5, 5.41) is 6.57. The van der Waals surface area contributed by atoms with Crippen molar-refractivity contribution in [3.05, 3.63) is 34.7 Å². The van der Waals surface area contributed by atoms with E-state index < -0.39 is 0 Å². The highest BCUT2D eigenvalue weighted by Gasteiger charge is 1.98. The van der Waals surface area contributed by atoms with Crippen molar-refractivity contribution >= 4 is 29.9 Å². The van der Waals surface area contributed by atoms with Crippen molar-refractivity contribution in [1.82, 2.24) is 15.2 Å². The number of unbranched alkanes of at least 4 members (excludes halogenated alkanes) is 1. The lowest BCUT2D eigenvalue weighted by molar-refractivity contribution is 0.584. The molecule has 0 unspecified atom stereocenters. The molecule has 126 valence electrons. The summed E-state index contributed by atoms with van der Waals surface area (Å²) in [5.41, 5.74) is 0.0669. The number of aromatic nitrogens is 1. The summed E-state index contributed by atoms with van der Waals surface area (Å²) in [5.74, 6) is 1.44. The maximum Gasteiger partial charge on any atom is 0.250 e. The summed E-state index contributed by atoms with van der Waals surface area (Å²) < 4.78 is 1.75. The van der Waals surface area contributed by atoms with E-state index in [1.807, 2.05) is 12.3 Å². The second-order valence-corrected chi connectivity index (χ2v) is 5.48. The van der Waals surface area contributed by atoms with Gasteiger partial charge in [0, 0.05) is 38.4 Å². The number of halogens is 1. The van der Waals surface area contributed by atoms with Gasteiger partial charge < -0.3 is 15.2 Å². The molecule has 1 heterocycles. The van der Waals surface area contributed by atoms with Crippen LogP contribution in [-0.4, -0.2) is 30.2 Å². The van der Waals surface area contributed by atoms with E-state index in [-0.39, 0.29) is 29.5 Å². The molecule has 0 radical (unpaired) electrons. The molecule has 0 saturated carbocycles. The molecule has 0 aromatic carbocycles. The fourth-order valence-corrected chi connectivity index (χ4v) is 1.87. The van der Waals surface area contributed by atoms with Gasteiger partial charge in [0.15, 0.2) is 5.96 Å². The molecule has 0 aliphatic carbocycles. The second kappa shape index (κ2) is 12.5. The standard InChI is InChI=1S/C16H28N4O.HI/c1-4-17-16(19-13-14(2)3)18-10-6-8-12-20-11-7-5-9-15(20)21;/h5,7,9,11,14H,4,6,8,10,12-13H2,1-3H3,(H2,17,18,19);1H. The Labute approximate surface area is 150 Å². The average Bonchev–Trinajstić information content (AvgIpc) is 2.46. The highest BCUT2D eigenvalue weighted by Crippen LogP contribution is 1.93. The number of aryl methyl sites for hydroxylation is 1. The number of hydrogen-bond acceptors (Lipinski definition) is 2. The van der Waals surface area contributed by atoms with E-state index in [1.54, 1.807) is 16.7 Å². The lowest BCUT2D eigenvalue weighted by Crippen LogP contribution is -2.38. The third kappa shape index (κ3) is 9.07. The Morgan fingerprint density at radius 2 is 2.05 bits per heavy atom. The Morgan fingerprint density at radius 3 is 2.68 bits per heavy atom. The van der Waals surface area contributed by atoms with Crippen LogP contribution in [0.3, 0.4) is 0 Å². The van der Waals surface area contributed by atoms with Crippen molar-refractivity contribution in [3.63, 3.8) is 0 Å².